The second-order valence-electron chi connectivity index (χ2n) is 5.13. The third-order valence-corrected chi connectivity index (χ3v) is 4.01. The van der Waals surface area contributed by atoms with Gasteiger partial charge in [0.25, 0.3) is 0 Å². The summed E-state index contributed by atoms with van der Waals surface area (Å²) >= 11 is 0. The van der Waals surface area contributed by atoms with Gasteiger partial charge in [0.05, 0.1) is 20.4 Å². The van der Waals surface area contributed by atoms with Crippen LogP contribution < -0.4 is 15.2 Å². The van der Waals surface area contributed by atoms with Gasteiger partial charge in [-0.2, -0.15) is 0 Å². The lowest BCUT2D eigenvalue weighted by molar-refractivity contribution is 0.219. The summed E-state index contributed by atoms with van der Waals surface area (Å²) < 4.78 is 10.7. The zero-order valence-electron chi connectivity index (χ0n) is 12.1. The quantitative estimate of drug-likeness (QED) is 0.885. The van der Waals surface area contributed by atoms with Crippen molar-refractivity contribution in [2.24, 2.45) is 5.73 Å². The molecule has 1 unspecified atom stereocenters. The molecule has 1 aromatic carbocycles. The third-order valence-electron chi connectivity index (χ3n) is 4.01. The van der Waals surface area contributed by atoms with Gasteiger partial charge in [-0.3, -0.25) is 4.90 Å². The smallest absolute Gasteiger partial charge is 0.126 e. The molecule has 1 heterocycles. The number of hydrogen-bond donors (Lipinski definition) is 1. The van der Waals surface area contributed by atoms with E-state index < -0.39 is 0 Å². The average molecular weight is 264 g/mol. The van der Waals surface area contributed by atoms with Crippen LogP contribution in [0, 0.1) is 0 Å². The van der Waals surface area contributed by atoms with Gasteiger partial charge in [0.1, 0.15) is 11.5 Å². The van der Waals surface area contributed by atoms with Crippen LogP contribution in [0.15, 0.2) is 18.2 Å². The van der Waals surface area contributed by atoms with Crippen molar-refractivity contribution < 1.29 is 9.47 Å². The fourth-order valence-electron chi connectivity index (χ4n) is 2.73. The Hall–Kier alpha value is -1.26. The molecule has 0 aromatic heterocycles. The van der Waals surface area contributed by atoms with Crippen molar-refractivity contribution in [2.45, 2.75) is 31.8 Å². The molecule has 4 heteroatoms. The van der Waals surface area contributed by atoms with Gasteiger partial charge < -0.3 is 15.2 Å². The largest absolute Gasteiger partial charge is 0.497 e. The Bertz CT molecular complexity index is 417. The first-order chi connectivity index (χ1) is 9.17. The Balaban J connectivity index is 2.19. The highest BCUT2D eigenvalue weighted by Crippen LogP contribution is 2.33. The first kappa shape index (κ1) is 14.2. The van der Waals surface area contributed by atoms with Gasteiger partial charge in [0.2, 0.25) is 0 Å². The molecule has 1 aliphatic heterocycles. The minimum atomic E-state index is 0.0461. The zero-order chi connectivity index (χ0) is 13.8. The first-order valence-electron chi connectivity index (χ1n) is 6.89. The predicted molar refractivity (Wildman–Crippen MR) is 76.7 cm³/mol. The minimum Gasteiger partial charge on any atom is -0.497 e. The molecule has 19 heavy (non-hydrogen) atoms. The van der Waals surface area contributed by atoms with E-state index in [1.165, 1.54) is 12.8 Å². The van der Waals surface area contributed by atoms with Crippen molar-refractivity contribution in [1.82, 2.24) is 4.90 Å². The number of ether oxygens (including phenoxy) is 2. The van der Waals surface area contributed by atoms with Gasteiger partial charge in [0, 0.05) is 17.5 Å². The second kappa shape index (κ2) is 6.26. The van der Waals surface area contributed by atoms with Crippen molar-refractivity contribution >= 4 is 0 Å². The number of hydrogen-bond acceptors (Lipinski definition) is 4. The first-order valence-corrected chi connectivity index (χ1v) is 6.89. The summed E-state index contributed by atoms with van der Waals surface area (Å²) in [4.78, 5) is 2.36. The van der Waals surface area contributed by atoms with Crippen molar-refractivity contribution in [3.8, 4) is 11.5 Å². The van der Waals surface area contributed by atoms with Crippen LogP contribution in [0.25, 0.3) is 0 Å². The summed E-state index contributed by atoms with van der Waals surface area (Å²) in [5, 5.41) is 0. The molecule has 1 aliphatic rings. The maximum Gasteiger partial charge on any atom is 0.126 e. The lowest BCUT2D eigenvalue weighted by Gasteiger charge is -2.30. The van der Waals surface area contributed by atoms with E-state index in [1.807, 2.05) is 12.1 Å². The number of rotatable bonds is 5. The number of methoxy groups -OCH3 is 2. The fraction of sp³-hybridized carbons (Fsp3) is 0.600. The van der Waals surface area contributed by atoms with Gasteiger partial charge in [-0.15, -0.1) is 0 Å². The van der Waals surface area contributed by atoms with Crippen LogP contribution in [-0.4, -0.2) is 38.4 Å². The highest BCUT2D eigenvalue weighted by molar-refractivity contribution is 5.43. The molecular formula is C15H24N2O2. The molecule has 0 aliphatic carbocycles. The summed E-state index contributed by atoms with van der Waals surface area (Å²) in [7, 11) is 3.35. The van der Waals surface area contributed by atoms with Gasteiger partial charge in [-0.05, 0) is 32.0 Å². The Morgan fingerprint density at radius 1 is 1.16 bits per heavy atom. The number of benzene rings is 1. The van der Waals surface area contributed by atoms with E-state index in [-0.39, 0.29) is 12.1 Å². The van der Waals surface area contributed by atoms with E-state index in [0.29, 0.717) is 0 Å². The molecule has 1 saturated heterocycles. The van der Waals surface area contributed by atoms with Gasteiger partial charge in [-0.1, -0.05) is 13.0 Å². The van der Waals surface area contributed by atoms with Crippen molar-refractivity contribution in [3.05, 3.63) is 23.8 Å². The molecule has 0 amide bonds. The highest BCUT2D eigenvalue weighted by atomic mass is 16.5. The van der Waals surface area contributed by atoms with E-state index in [4.69, 9.17) is 15.2 Å². The van der Waals surface area contributed by atoms with E-state index in [1.54, 1.807) is 14.2 Å². The summed E-state index contributed by atoms with van der Waals surface area (Å²) in [5.74, 6) is 1.89. The van der Waals surface area contributed by atoms with Crippen LogP contribution in [-0.2, 0) is 0 Å². The molecule has 106 valence electrons. The van der Waals surface area contributed by atoms with Crippen LogP contribution in [0.4, 0.5) is 0 Å². The average Bonchev–Trinajstić information content (AvgIpc) is 2.99. The molecule has 0 bridgehead atoms. The monoisotopic (exact) mass is 264 g/mol. The summed E-state index contributed by atoms with van der Waals surface area (Å²) in [6, 6.07) is 5.94. The molecule has 2 atom stereocenters. The molecule has 0 spiro atoms. The van der Waals surface area contributed by atoms with E-state index in [0.717, 1.165) is 30.2 Å². The maximum absolute atomic E-state index is 6.39. The van der Waals surface area contributed by atoms with E-state index in [9.17, 15) is 0 Å². The van der Waals surface area contributed by atoms with Crippen molar-refractivity contribution in [2.75, 3.05) is 27.3 Å². The van der Waals surface area contributed by atoms with Crippen LogP contribution in [0.2, 0.25) is 0 Å². The Kier molecular flexibility index (Phi) is 4.66. The lowest BCUT2D eigenvalue weighted by Crippen LogP contribution is -2.43. The summed E-state index contributed by atoms with van der Waals surface area (Å²) in [5.41, 5.74) is 7.53. The molecular weight excluding hydrogens is 240 g/mol. The van der Waals surface area contributed by atoms with Gasteiger partial charge >= 0.3 is 0 Å². The van der Waals surface area contributed by atoms with Crippen LogP contribution in [0.5, 0.6) is 11.5 Å². The fourth-order valence-corrected chi connectivity index (χ4v) is 2.73. The van der Waals surface area contributed by atoms with Crippen molar-refractivity contribution in [1.29, 1.82) is 0 Å². The summed E-state index contributed by atoms with van der Waals surface area (Å²) in [6.45, 7) is 4.36. The van der Waals surface area contributed by atoms with Crippen molar-refractivity contribution in [3.63, 3.8) is 0 Å². The Morgan fingerprint density at radius 3 is 2.42 bits per heavy atom. The molecule has 2 N–H and O–H groups in total. The predicted octanol–water partition coefficient (Wildman–Crippen LogP) is 2.19. The SMILES string of the molecule is COc1ccc([C@H](C)C(N)N2CCCC2)c(OC)c1. The topological polar surface area (TPSA) is 47.7 Å². The second-order valence-corrected chi connectivity index (χ2v) is 5.13. The maximum atomic E-state index is 6.39. The van der Waals surface area contributed by atoms with Crippen LogP contribution in [0.1, 0.15) is 31.2 Å². The zero-order valence-corrected chi connectivity index (χ0v) is 12.1. The van der Waals surface area contributed by atoms with Gasteiger partial charge in [0.15, 0.2) is 0 Å². The molecule has 2 rings (SSSR count). The highest BCUT2D eigenvalue weighted by Gasteiger charge is 2.26. The van der Waals surface area contributed by atoms with Gasteiger partial charge in [-0.25, -0.2) is 0 Å². The molecule has 0 radical (unpaired) electrons. The number of likely N-dealkylation sites (tertiary alicyclic amines) is 1. The molecule has 0 saturated carbocycles. The Morgan fingerprint density at radius 2 is 1.84 bits per heavy atom. The lowest BCUT2D eigenvalue weighted by atomic mass is 9.96. The summed E-state index contributed by atoms with van der Waals surface area (Å²) in [6.07, 6.45) is 2.55. The number of nitrogens with two attached hydrogens (primary N) is 1. The Labute approximate surface area is 115 Å². The normalized spacial score (nSPS) is 19.2. The number of nitrogens with zero attached hydrogens (tertiary/aromatic N) is 1. The van der Waals surface area contributed by atoms with E-state index >= 15 is 0 Å². The van der Waals surface area contributed by atoms with E-state index in [2.05, 4.69) is 17.9 Å². The minimum absolute atomic E-state index is 0.0461. The van der Waals surface area contributed by atoms with Crippen LogP contribution >= 0.6 is 0 Å². The molecule has 1 aromatic rings. The third kappa shape index (κ3) is 3.01. The molecule has 4 nitrogen and oxygen atoms in total. The standard InChI is InChI=1S/C15H24N2O2/c1-11(15(16)17-8-4-5-9-17)13-7-6-12(18-2)10-14(13)19-3/h6-7,10-11,15H,4-5,8-9,16H2,1-3H3/t11-,15?/m0/s1. The van der Waals surface area contributed by atoms with Crippen LogP contribution in [0.3, 0.4) is 0 Å². The molecule has 1 fully saturated rings.